The second kappa shape index (κ2) is 12.8. The molecule has 2 nitrogen and oxygen atoms in total. The van der Waals surface area contributed by atoms with E-state index < -0.39 is 0 Å². The fourth-order valence-electron chi connectivity index (χ4n) is 7.16. The molecule has 1 heterocycles. The second-order valence-electron chi connectivity index (χ2n) is 12.6. The number of benzene rings is 8. The topological polar surface area (TPSA) is 8.17 Å². The van der Waals surface area contributed by atoms with E-state index in [0.29, 0.717) is 0 Å². The van der Waals surface area contributed by atoms with Gasteiger partial charge in [0.05, 0.1) is 11.0 Å². The van der Waals surface area contributed by atoms with Crippen LogP contribution >= 0.6 is 0 Å². The highest BCUT2D eigenvalue weighted by Crippen LogP contribution is 2.39. The van der Waals surface area contributed by atoms with Crippen LogP contribution in [0, 0.1) is 0 Å². The van der Waals surface area contributed by atoms with Crippen LogP contribution in [0.25, 0.3) is 60.9 Å². The molecule has 0 unspecified atom stereocenters. The third kappa shape index (κ3) is 5.43. The van der Waals surface area contributed by atoms with E-state index in [4.69, 9.17) is 0 Å². The Balaban J connectivity index is 1.14. The quantitative estimate of drug-likeness (QED) is 0.169. The summed E-state index contributed by atoms with van der Waals surface area (Å²) in [5.74, 6) is 0. The van der Waals surface area contributed by atoms with Crippen molar-refractivity contribution in [1.29, 1.82) is 0 Å². The van der Waals surface area contributed by atoms with Gasteiger partial charge in [0.15, 0.2) is 0 Å². The number of hydrogen-bond acceptors (Lipinski definition) is 1. The minimum atomic E-state index is 1.10. The summed E-state index contributed by atoms with van der Waals surface area (Å²) in [4.78, 5) is 2.35. The smallest absolute Gasteiger partial charge is 0.0541 e. The van der Waals surface area contributed by atoms with Gasteiger partial charge in [-0.15, -0.1) is 0 Å². The fraction of sp³-hybridized carbons (Fsp3) is 0. The molecule has 9 rings (SSSR count). The van der Waals surface area contributed by atoms with Gasteiger partial charge in [-0.1, -0.05) is 146 Å². The van der Waals surface area contributed by atoms with Crippen LogP contribution in [0.2, 0.25) is 0 Å². The number of aromatic nitrogens is 1. The van der Waals surface area contributed by atoms with Gasteiger partial charge in [-0.25, -0.2) is 0 Å². The zero-order valence-corrected chi connectivity index (χ0v) is 27.5. The van der Waals surface area contributed by atoms with Crippen LogP contribution in [0.15, 0.2) is 206 Å². The molecule has 0 amide bonds. The van der Waals surface area contributed by atoms with E-state index in [1.807, 2.05) is 0 Å². The molecule has 0 saturated heterocycles. The van der Waals surface area contributed by atoms with Crippen LogP contribution in [-0.2, 0) is 0 Å². The first-order valence-corrected chi connectivity index (χ1v) is 17.1. The summed E-state index contributed by atoms with van der Waals surface area (Å²) in [5, 5.41) is 2.53. The Morgan fingerprint density at radius 3 is 1.24 bits per heavy atom. The lowest BCUT2D eigenvalue weighted by molar-refractivity contribution is 1.18. The average Bonchev–Trinajstić information content (AvgIpc) is 3.54. The van der Waals surface area contributed by atoms with E-state index in [-0.39, 0.29) is 0 Å². The first-order chi connectivity index (χ1) is 24.8. The molecule has 0 saturated carbocycles. The van der Waals surface area contributed by atoms with Gasteiger partial charge in [0.25, 0.3) is 0 Å². The Bertz CT molecular complexity index is 2430. The van der Waals surface area contributed by atoms with Crippen molar-refractivity contribution in [2.45, 2.75) is 0 Å². The third-order valence-electron chi connectivity index (χ3n) is 9.59. The van der Waals surface area contributed by atoms with Crippen molar-refractivity contribution < 1.29 is 0 Å². The number of hydrogen-bond donors (Lipinski definition) is 0. The normalized spacial score (nSPS) is 11.2. The maximum Gasteiger partial charge on any atom is 0.0541 e. The van der Waals surface area contributed by atoms with E-state index in [9.17, 15) is 0 Å². The lowest BCUT2D eigenvalue weighted by atomic mass is 10.0. The van der Waals surface area contributed by atoms with E-state index in [0.717, 1.165) is 28.3 Å². The van der Waals surface area contributed by atoms with Gasteiger partial charge in [0.1, 0.15) is 0 Å². The molecular weight excluding hydrogens is 605 g/mol. The minimum Gasteiger partial charge on any atom is -0.310 e. The first-order valence-electron chi connectivity index (χ1n) is 17.1. The van der Waals surface area contributed by atoms with Crippen molar-refractivity contribution in [2.24, 2.45) is 0 Å². The Labute approximate surface area is 292 Å². The van der Waals surface area contributed by atoms with E-state index in [2.05, 4.69) is 216 Å². The van der Waals surface area contributed by atoms with Crippen LogP contribution < -0.4 is 4.90 Å². The second-order valence-corrected chi connectivity index (χ2v) is 12.6. The van der Waals surface area contributed by atoms with Crippen LogP contribution in [0.3, 0.4) is 0 Å². The van der Waals surface area contributed by atoms with Gasteiger partial charge >= 0.3 is 0 Å². The van der Waals surface area contributed by atoms with Crippen molar-refractivity contribution >= 4 is 38.9 Å². The zero-order chi connectivity index (χ0) is 33.3. The van der Waals surface area contributed by atoms with Gasteiger partial charge in [-0.05, 0) is 94.0 Å². The molecule has 2 heteroatoms. The SMILES string of the molecule is c1ccc(-c2ccc(N(c3ccc(-c4ccccc4)cc3)c3cccc(-c4cccc(-n5c6ccccc6c6ccccc65)c4)c3)cc2)cc1. The number of fused-ring (bicyclic) bond motifs is 3. The number of para-hydroxylation sites is 2. The van der Waals surface area contributed by atoms with Crippen LogP contribution in [-0.4, -0.2) is 4.57 Å². The van der Waals surface area contributed by atoms with Crippen molar-refractivity contribution in [1.82, 2.24) is 4.57 Å². The Morgan fingerprint density at radius 1 is 0.280 bits per heavy atom. The van der Waals surface area contributed by atoms with Gasteiger partial charge in [-0.2, -0.15) is 0 Å². The van der Waals surface area contributed by atoms with Gasteiger partial charge < -0.3 is 9.47 Å². The number of nitrogens with zero attached hydrogens (tertiary/aromatic N) is 2. The highest BCUT2D eigenvalue weighted by molar-refractivity contribution is 6.09. The maximum atomic E-state index is 2.38. The van der Waals surface area contributed by atoms with E-state index in [1.165, 1.54) is 49.6 Å². The van der Waals surface area contributed by atoms with Crippen LogP contribution in [0.5, 0.6) is 0 Å². The Morgan fingerprint density at radius 2 is 0.700 bits per heavy atom. The average molecular weight is 639 g/mol. The minimum absolute atomic E-state index is 1.10. The number of anilines is 3. The van der Waals surface area contributed by atoms with Crippen LogP contribution in [0.1, 0.15) is 0 Å². The molecule has 1 aromatic heterocycles. The van der Waals surface area contributed by atoms with Crippen molar-refractivity contribution in [2.75, 3.05) is 4.90 Å². The summed E-state index contributed by atoms with van der Waals surface area (Å²) in [6.07, 6.45) is 0. The van der Waals surface area contributed by atoms with Gasteiger partial charge in [0.2, 0.25) is 0 Å². The molecule has 0 fully saturated rings. The number of rotatable bonds is 7. The fourth-order valence-corrected chi connectivity index (χ4v) is 7.16. The molecule has 9 aromatic rings. The Kier molecular flexibility index (Phi) is 7.53. The molecule has 0 bridgehead atoms. The van der Waals surface area contributed by atoms with Crippen molar-refractivity contribution in [3.8, 4) is 39.1 Å². The van der Waals surface area contributed by atoms with Gasteiger partial charge in [0, 0.05) is 33.5 Å². The van der Waals surface area contributed by atoms with Crippen LogP contribution in [0.4, 0.5) is 17.1 Å². The van der Waals surface area contributed by atoms with E-state index >= 15 is 0 Å². The standard InChI is InChI=1S/C48H34N2/c1-3-13-35(14-4-1)37-25-29-41(30-26-37)49(42-31-27-38(28-32-42)36-15-5-2-6-16-36)43-19-11-17-39(33-43)40-18-12-20-44(34-40)50-47-23-9-7-21-45(47)46-22-8-10-24-48(46)50/h1-34H. The monoisotopic (exact) mass is 638 g/mol. The molecule has 0 N–H and O–H groups in total. The molecule has 0 radical (unpaired) electrons. The summed E-state index contributed by atoms with van der Waals surface area (Å²) >= 11 is 0. The summed E-state index contributed by atoms with van der Waals surface area (Å²) in [7, 11) is 0. The van der Waals surface area contributed by atoms with Gasteiger partial charge in [-0.3, -0.25) is 0 Å². The predicted molar refractivity (Wildman–Crippen MR) is 212 cm³/mol. The summed E-state index contributed by atoms with van der Waals surface area (Å²) in [6.45, 7) is 0. The largest absolute Gasteiger partial charge is 0.310 e. The van der Waals surface area contributed by atoms with Crippen molar-refractivity contribution in [3.05, 3.63) is 206 Å². The molecular formula is C48H34N2. The maximum absolute atomic E-state index is 2.38. The molecule has 0 spiro atoms. The molecule has 8 aromatic carbocycles. The molecule has 0 aliphatic carbocycles. The molecule has 0 atom stereocenters. The molecule has 236 valence electrons. The highest BCUT2D eigenvalue weighted by Gasteiger charge is 2.16. The lowest BCUT2D eigenvalue weighted by Crippen LogP contribution is -2.10. The third-order valence-corrected chi connectivity index (χ3v) is 9.59. The summed E-state index contributed by atoms with van der Waals surface area (Å²) in [5.41, 5.74) is 14.0. The molecule has 0 aliphatic rings. The predicted octanol–water partition coefficient (Wildman–Crippen LogP) is 13.3. The summed E-state index contributed by atoms with van der Waals surface area (Å²) in [6, 6.07) is 74.0. The van der Waals surface area contributed by atoms with E-state index in [1.54, 1.807) is 0 Å². The summed E-state index contributed by atoms with van der Waals surface area (Å²) < 4.78 is 2.38. The molecule has 50 heavy (non-hydrogen) atoms. The first kappa shape index (κ1) is 29.5. The van der Waals surface area contributed by atoms with Crippen molar-refractivity contribution in [3.63, 3.8) is 0 Å². The Hall–Kier alpha value is -6.64. The lowest BCUT2D eigenvalue weighted by Gasteiger charge is -2.26. The zero-order valence-electron chi connectivity index (χ0n) is 27.5. The highest BCUT2D eigenvalue weighted by atomic mass is 15.1. The molecule has 0 aliphatic heterocycles.